The lowest BCUT2D eigenvalue weighted by Gasteiger charge is -2.39. The summed E-state index contributed by atoms with van der Waals surface area (Å²) >= 11 is 0. The molecule has 2 aromatic rings. The van der Waals surface area contributed by atoms with E-state index in [1.54, 1.807) is 11.0 Å². The van der Waals surface area contributed by atoms with Gasteiger partial charge in [-0.2, -0.15) is 0 Å². The molecule has 1 aromatic heterocycles. The predicted molar refractivity (Wildman–Crippen MR) is 110 cm³/mol. The number of hydrogen-bond acceptors (Lipinski definition) is 5. The molecular formula is C21H25F3N6O3. The van der Waals surface area contributed by atoms with Gasteiger partial charge in [0.1, 0.15) is 11.4 Å². The number of piperidine rings is 1. The normalized spacial score (nSPS) is 18.7. The Hall–Kier alpha value is -3.31. The van der Waals surface area contributed by atoms with Gasteiger partial charge < -0.3 is 19.9 Å². The summed E-state index contributed by atoms with van der Waals surface area (Å²) in [6, 6.07) is 5.31. The van der Waals surface area contributed by atoms with Gasteiger partial charge in [0.15, 0.2) is 0 Å². The largest absolute Gasteiger partial charge is 0.573 e. The molecule has 2 heterocycles. The highest BCUT2D eigenvalue weighted by Crippen LogP contribution is 2.31. The van der Waals surface area contributed by atoms with Crippen LogP contribution >= 0.6 is 0 Å². The van der Waals surface area contributed by atoms with Crippen LogP contribution in [-0.2, 0) is 11.3 Å². The molecule has 1 saturated carbocycles. The summed E-state index contributed by atoms with van der Waals surface area (Å²) in [5, 5.41) is 10.8. The van der Waals surface area contributed by atoms with E-state index in [4.69, 9.17) is 0 Å². The fourth-order valence-corrected chi connectivity index (χ4v) is 4.04. The summed E-state index contributed by atoms with van der Waals surface area (Å²) in [5.41, 5.74) is 0.795. The van der Waals surface area contributed by atoms with Crippen LogP contribution in [0.25, 0.3) is 5.69 Å². The number of ether oxygens (including phenoxy) is 1. The predicted octanol–water partition coefficient (Wildman–Crippen LogP) is 2.85. The second kappa shape index (κ2) is 9.28. The molecule has 33 heavy (non-hydrogen) atoms. The molecule has 0 unspecified atom stereocenters. The highest BCUT2D eigenvalue weighted by atomic mass is 19.4. The van der Waals surface area contributed by atoms with E-state index in [0.717, 1.165) is 25.7 Å². The molecule has 1 aromatic carbocycles. The molecule has 0 bridgehead atoms. The molecule has 2 fully saturated rings. The number of likely N-dealkylation sites (tertiary alicyclic amines) is 1. The van der Waals surface area contributed by atoms with E-state index in [1.807, 2.05) is 4.90 Å². The SMILES string of the molecule is CC(=O)N1CCC[C@@H](N(C(=O)NCc2cn(-c3cccc(OC(F)(F)F)c3)nn2)C2CC2)C1. The van der Waals surface area contributed by atoms with E-state index in [-0.39, 0.29) is 36.3 Å². The van der Waals surface area contributed by atoms with Crippen molar-refractivity contribution in [2.75, 3.05) is 13.1 Å². The lowest BCUT2D eigenvalue weighted by atomic mass is 10.0. The Kier molecular flexibility index (Phi) is 6.43. The number of nitrogens with zero attached hydrogens (tertiary/aromatic N) is 5. The number of urea groups is 1. The third-order valence-electron chi connectivity index (χ3n) is 5.69. The van der Waals surface area contributed by atoms with Gasteiger partial charge in [0.25, 0.3) is 0 Å². The van der Waals surface area contributed by atoms with Gasteiger partial charge in [0.05, 0.1) is 24.5 Å². The smallest absolute Gasteiger partial charge is 0.406 e. The van der Waals surface area contributed by atoms with Gasteiger partial charge in [0.2, 0.25) is 5.91 Å². The summed E-state index contributed by atoms with van der Waals surface area (Å²) in [7, 11) is 0. The minimum Gasteiger partial charge on any atom is -0.406 e. The van der Waals surface area contributed by atoms with Crippen molar-refractivity contribution >= 4 is 11.9 Å². The van der Waals surface area contributed by atoms with Crippen LogP contribution in [0.1, 0.15) is 38.3 Å². The lowest BCUT2D eigenvalue weighted by Crippen LogP contribution is -2.54. The Morgan fingerprint density at radius 3 is 2.73 bits per heavy atom. The molecule has 3 amide bonds. The molecule has 1 aliphatic heterocycles. The van der Waals surface area contributed by atoms with E-state index < -0.39 is 6.36 Å². The molecule has 1 N–H and O–H groups in total. The molecule has 1 saturated heterocycles. The van der Waals surface area contributed by atoms with Gasteiger partial charge in [-0.05, 0) is 37.8 Å². The number of halogens is 3. The van der Waals surface area contributed by atoms with Crippen LogP contribution in [0.3, 0.4) is 0 Å². The van der Waals surface area contributed by atoms with Crippen molar-refractivity contribution in [1.82, 2.24) is 30.1 Å². The Bertz CT molecular complexity index is 1010. The van der Waals surface area contributed by atoms with Crippen LogP contribution in [0.5, 0.6) is 5.75 Å². The number of rotatable bonds is 6. The third-order valence-corrected chi connectivity index (χ3v) is 5.69. The molecule has 0 radical (unpaired) electrons. The third kappa shape index (κ3) is 5.93. The van der Waals surface area contributed by atoms with Crippen molar-refractivity contribution in [3.8, 4) is 11.4 Å². The van der Waals surface area contributed by atoms with Crippen molar-refractivity contribution < 1.29 is 27.5 Å². The molecule has 178 valence electrons. The molecule has 2 aliphatic rings. The topological polar surface area (TPSA) is 92.6 Å². The Morgan fingerprint density at radius 1 is 1.24 bits per heavy atom. The summed E-state index contributed by atoms with van der Waals surface area (Å²) in [5.74, 6) is -0.352. The van der Waals surface area contributed by atoms with Crippen molar-refractivity contribution in [1.29, 1.82) is 0 Å². The van der Waals surface area contributed by atoms with Crippen LogP contribution in [0.2, 0.25) is 0 Å². The van der Waals surface area contributed by atoms with E-state index in [0.29, 0.717) is 24.5 Å². The van der Waals surface area contributed by atoms with Gasteiger partial charge >= 0.3 is 12.4 Å². The van der Waals surface area contributed by atoms with Crippen molar-refractivity contribution in [3.05, 3.63) is 36.2 Å². The van der Waals surface area contributed by atoms with Gasteiger partial charge in [-0.15, -0.1) is 18.3 Å². The molecule has 1 aliphatic carbocycles. The number of carbonyl (C=O) groups excluding carboxylic acids is 2. The van der Waals surface area contributed by atoms with Crippen molar-refractivity contribution in [2.45, 2.75) is 57.6 Å². The highest BCUT2D eigenvalue weighted by Gasteiger charge is 2.39. The maximum Gasteiger partial charge on any atom is 0.573 e. The van der Waals surface area contributed by atoms with E-state index in [2.05, 4.69) is 20.4 Å². The minimum absolute atomic E-state index is 0.0113. The average molecular weight is 466 g/mol. The maximum absolute atomic E-state index is 13.0. The van der Waals surface area contributed by atoms with Crippen LogP contribution in [0, 0.1) is 0 Å². The van der Waals surface area contributed by atoms with Crippen LogP contribution in [0.15, 0.2) is 30.5 Å². The number of benzene rings is 1. The first kappa shape index (κ1) is 22.9. The highest BCUT2D eigenvalue weighted by molar-refractivity contribution is 5.76. The number of aromatic nitrogens is 3. The second-order valence-electron chi connectivity index (χ2n) is 8.26. The van der Waals surface area contributed by atoms with Gasteiger partial charge in [0, 0.05) is 32.1 Å². The Morgan fingerprint density at radius 2 is 2.03 bits per heavy atom. The van der Waals surface area contributed by atoms with Gasteiger partial charge in [-0.25, -0.2) is 9.48 Å². The van der Waals surface area contributed by atoms with Crippen molar-refractivity contribution in [3.63, 3.8) is 0 Å². The molecule has 1 atom stereocenters. The summed E-state index contributed by atoms with van der Waals surface area (Å²) < 4.78 is 42.6. The first-order valence-corrected chi connectivity index (χ1v) is 10.8. The number of alkyl halides is 3. The zero-order valence-electron chi connectivity index (χ0n) is 18.1. The zero-order valence-corrected chi connectivity index (χ0v) is 18.1. The molecule has 4 rings (SSSR count). The summed E-state index contributed by atoms with van der Waals surface area (Å²) in [4.78, 5) is 28.4. The van der Waals surface area contributed by atoms with Crippen LogP contribution < -0.4 is 10.1 Å². The second-order valence-corrected chi connectivity index (χ2v) is 8.26. The van der Waals surface area contributed by atoms with Gasteiger partial charge in [-0.3, -0.25) is 4.79 Å². The standard InChI is InChI=1S/C21H25F3N6O3/c1-14(31)28-9-3-5-18(13-28)30(16-7-8-16)20(32)25-11-15-12-29(27-26-15)17-4-2-6-19(10-17)33-21(22,23)24/h2,4,6,10,12,16,18H,3,5,7-9,11,13H2,1H3,(H,25,32)/t18-/m1/s1. The number of amides is 3. The summed E-state index contributed by atoms with van der Waals surface area (Å²) in [6.07, 6.45) is 0.329. The lowest BCUT2D eigenvalue weighted by molar-refractivity contribution is -0.274. The summed E-state index contributed by atoms with van der Waals surface area (Å²) in [6.45, 7) is 2.90. The molecular weight excluding hydrogens is 441 g/mol. The maximum atomic E-state index is 13.0. The molecule has 0 spiro atoms. The molecule has 12 heteroatoms. The van der Waals surface area contributed by atoms with E-state index in [1.165, 1.54) is 36.0 Å². The van der Waals surface area contributed by atoms with Crippen LogP contribution in [-0.4, -0.2) is 68.3 Å². The fourth-order valence-electron chi connectivity index (χ4n) is 4.04. The van der Waals surface area contributed by atoms with E-state index >= 15 is 0 Å². The Labute approximate surface area is 188 Å². The average Bonchev–Trinajstić information content (AvgIpc) is 3.47. The minimum atomic E-state index is -4.79. The quantitative estimate of drug-likeness (QED) is 0.707. The monoisotopic (exact) mass is 466 g/mol. The van der Waals surface area contributed by atoms with E-state index in [9.17, 15) is 22.8 Å². The first-order valence-electron chi connectivity index (χ1n) is 10.8. The van der Waals surface area contributed by atoms with Gasteiger partial charge in [-0.1, -0.05) is 11.3 Å². The number of carbonyl (C=O) groups is 2. The first-order chi connectivity index (χ1) is 15.7. The number of nitrogens with one attached hydrogen (secondary N) is 1. The molecule has 9 nitrogen and oxygen atoms in total. The zero-order chi connectivity index (χ0) is 23.6. The fraction of sp³-hybridized carbons (Fsp3) is 0.524. The Balaban J connectivity index is 1.38. The number of hydrogen-bond donors (Lipinski definition) is 1. The van der Waals surface area contributed by atoms with Crippen molar-refractivity contribution in [2.24, 2.45) is 0 Å². The van der Waals surface area contributed by atoms with Crippen LogP contribution in [0.4, 0.5) is 18.0 Å².